The van der Waals surface area contributed by atoms with E-state index < -0.39 is 5.97 Å². The van der Waals surface area contributed by atoms with Gasteiger partial charge in [0, 0.05) is 24.2 Å². The van der Waals surface area contributed by atoms with Crippen LogP contribution in [0.4, 0.5) is 5.69 Å². The van der Waals surface area contributed by atoms with Gasteiger partial charge in [-0.2, -0.15) is 0 Å². The van der Waals surface area contributed by atoms with Gasteiger partial charge in [-0.15, -0.1) is 0 Å². The zero-order valence-electron chi connectivity index (χ0n) is 18.9. The van der Waals surface area contributed by atoms with Crippen molar-refractivity contribution in [3.8, 4) is 0 Å². The summed E-state index contributed by atoms with van der Waals surface area (Å²) in [7, 11) is 0. The second kappa shape index (κ2) is 14.7. The number of ether oxygens (including phenoxy) is 1. The van der Waals surface area contributed by atoms with E-state index in [4.69, 9.17) is 17.0 Å². The average molecular weight is 470 g/mol. The highest BCUT2D eigenvalue weighted by molar-refractivity contribution is 7.80. The van der Waals surface area contributed by atoms with Crippen molar-refractivity contribution in [2.24, 2.45) is 0 Å². The molecule has 3 N–H and O–H groups in total. The predicted molar refractivity (Wildman–Crippen MR) is 133 cm³/mol. The van der Waals surface area contributed by atoms with Gasteiger partial charge < -0.3 is 20.7 Å². The van der Waals surface area contributed by atoms with Gasteiger partial charge in [0.05, 0.1) is 13.0 Å². The number of esters is 1. The zero-order valence-corrected chi connectivity index (χ0v) is 19.7. The molecule has 2 rings (SSSR count). The van der Waals surface area contributed by atoms with Crippen molar-refractivity contribution in [3.05, 3.63) is 65.7 Å². The van der Waals surface area contributed by atoms with Crippen molar-refractivity contribution in [3.63, 3.8) is 0 Å². The van der Waals surface area contributed by atoms with Crippen LogP contribution in [0.25, 0.3) is 0 Å². The quantitative estimate of drug-likeness (QED) is 0.247. The van der Waals surface area contributed by atoms with Gasteiger partial charge in [-0.05, 0) is 55.2 Å². The summed E-state index contributed by atoms with van der Waals surface area (Å²) in [6.07, 6.45) is 3.43. The molecule has 0 bridgehead atoms. The SMILES string of the molecule is CCCCNC(=O)c1cccc(NC(=S)NC(=O)CCC(=O)OCCCc2ccccc2)c1. The molecule has 176 valence electrons. The van der Waals surface area contributed by atoms with Crippen molar-refractivity contribution < 1.29 is 19.1 Å². The molecule has 2 amide bonds. The molecule has 0 unspecified atom stereocenters. The monoisotopic (exact) mass is 469 g/mol. The molecular formula is C25H31N3O4S. The van der Waals surface area contributed by atoms with E-state index >= 15 is 0 Å². The average Bonchev–Trinajstić information content (AvgIpc) is 2.81. The number of rotatable bonds is 12. The van der Waals surface area contributed by atoms with Crippen LogP contribution in [0.2, 0.25) is 0 Å². The predicted octanol–water partition coefficient (Wildman–Crippen LogP) is 3.99. The summed E-state index contributed by atoms with van der Waals surface area (Å²) in [5.74, 6) is -0.967. The number of hydrogen-bond donors (Lipinski definition) is 3. The van der Waals surface area contributed by atoms with Crippen LogP contribution in [0, 0.1) is 0 Å². The lowest BCUT2D eigenvalue weighted by atomic mass is 10.1. The molecule has 0 aromatic heterocycles. The molecule has 0 radical (unpaired) electrons. The van der Waals surface area contributed by atoms with Crippen LogP contribution >= 0.6 is 12.2 Å². The highest BCUT2D eigenvalue weighted by Gasteiger charge is 2.11. The standard InChI is InChI=1S/C25H31N3O4S/c1-2-3-16-26-24(31)20-12-7-13-21(18-20)27-25(33)28-22(29)14-15-23(30)32-17-8-11-19-9-5-4-6-10-19/h4-7,9-10,12-13,18H,2-3,8,11,14-17H2,1H3,(H,26,31)(H2,27,28,29,33). The minimum absolute atomic E-state index is 0.0206. The third kappa shape index (κ3) is 10.7. The molecule has 0 saturated heterocycles. The molecule has 2 aromatic carbocycles. The Labute approximate surface area is 200 Å². The van der Waals surface area contributed by atoms with Crippen molar-refractivity contribution in [1.82, 2.24) is 10.6 Å². The zero-order chi connectivity index (χ0) is 23.9. The molecule has 2 aromatic rings. The number of carbonyl (C=O) groups is 3. The number of nitrogens with one attached hydrogen (secondary N) is 3. The number of thiocarbonyl (C=S) groups is 1. The fourth-order valence-electron chi connectivity index (χ4n) is 2.97. The van der Waals surface area contributed by atoms with Gasteiger partial charge >= 0.3 is 5.97 Å². The summed E-state index contributed by atoms with van der Waals surface area (Å²) < 4.78 is 5.18. The lowest BCUT2D eigenvalue weighted by Crippen LogP contribution is -2.34. The van der Waals surface area contributed by atoms with Crippen molar-refractivity contribution >= 4 is 40.8 Å². The molecule has 0 aliphatic carbocycles. The van der Waals surface area contributed by atoms with Crippen molar-refractivity contribution in [1.29, 1.82) is 0 Å². The first kappa shape index (κ1) is 26.0. The number of hydrogen-bond acceptors (Lipinski definition) is 5. The van der Waals surface area contributed by atoms with E-state index in [-0.39, 0.29) is 29.8 Å². The van der Waals surface area contributed by atoms with Gasteiger partial charge in [0.1, 0.15) is 0 Å². The molecule has 0 heterocycles. The Balaban J connectivity index is 1.65. The molecule has 0 atom stereocenters. The number of anilines is 1. The fraction of sp³-hybridized carbons (Fsp3) is 0.360. The van der Waals surface area contributed by atoms with E-state index in [0.717, 1.165) is 25.7 Å². The van der Waals surface area contributed by atoms with Gasteiger partial charge in [-0.25, -0.2) is 0 Å². The molecule has 7 nitrogen and oxygen atoms in total. The summed E-state index contributed by atoms with van der Waals surface area (Å²) in [6, 6.07) is 16.8. The lowest BCUT2D eigenvalue weighted by Gasteiger charge is -2.11. The second-order valence-electron chi connectivity index (χ2n) is 7.50. The summed E-state index contributed by atoms with van der Waals surface area (Å²) in [5.41, 5.74) is 2.28. The molecule has 0 fully saturated rings. The number of amides is 2. The van der Waals surface area contributed by atoms with Crippen molar-refractivity contribution in [2.45, 2.75) is 45.4 Å². The van der Waals surface area contributed by atoms with Crippen LogP contribution in [0.3, 0.4) is 0 Å². The molecule has 0 spiro atoms. The summed E-state index contributed by atoms with van der Waals surface area (Å²) in [4.78, 5) is 36.1. The Morgan fingerprint density at radius 2 is 1.76 bits per heavy atom. The van der Waals surface area contributed by atoms with Gasteiger partial charge in [0.25, 0.3) is 5.91 Å². The third-order valence-electron chi connectivity index (χ3n) is 4.72. The van der Waals surface area contributed by atoms with E-state index in [1.54, 1.807) is 24.3 Å². The van der Waals surface area contributed by atoms with E-state index in [2.05, 4.69) is 22.9 Å². The van der Waals surface area contributed by atoms with Crippen molar-refractivity contribution in [2.75, 3.05) is 18.5 Å². The topological polar surface area (TPSA) is 96.5 Å². The maximum absolute atomic E-state index is 12.2. The Bertz CT molecular complexity index is 934. The summed E-state index contributed by atoms with van der Waals surface area (Å²) in [5, 5.41) is 8.37. The van der Waals surface area contributed by atoms with E-state index in [9.17, 15) is 14.4 Å². The molecule has 0 saturated carbocycles. The summed E-state index contributed by atoms with van der Waals surface area (Å²) in [6.45, 7) is 3.00. The second-order valence-corrected chi connectivity index (χ2v) is 7.91. The van der Waals surface area contributed by atoms with Gasteiger partial charge in [0.15, 0.2) is 5.11 Å². The van der Waals surface area contributed by atoms with Crippen LogP contribution in [-0.2, 0) is 20.7 Å². The first-order valence-electron chi connectivity index (χ1n) is 11.2. The van der Waals surface area contributed by atoms with E-state index in [0.29, 0.717) is 24.4 Å². The van der Waals surface area contributed by atoms with Crippen LogP contribution in [0.15, 0.2) is 54.6 Å². The first-order valence-corrected chi connectivity index (χ1v) is 11.6. The fourth-order valence-corrected chi connectivity index (χ4v) is 3.20. The number of carbonyl (C=O) groups excluding carboxylic acids is 3. The van der Waals surface area contributed by atoms with Crippen LogP contribution < -0.4 is 16.0 Å². The van der Waals surface area contributed by atoms with Crippen LogP contribution in [0.1, 0.15) is 54.9 Å². The minimum Gasteiger partial charge on any atom is -0.466 e. The molecule has 33 heavy (non-hydrogen) atoms. The minimum atomic E-state index is -0.418. The van der Waals surface area contributed by atoms with Gasteiger partial charge in [0.2, 0.25) is 5.91 Å². The number of benzene rings is 2. The van der Waals surface area contributed by atoms with Gasteiger partial charge in [-0.1, -0.05) is 49.7 Å². The normalized spacial score (nSPS) is 10.2. The van der Waals surface area contributed by atoms with E-state index in [1.165, 1.54) is 5.56 Å². The number of unbranched alkanes of at least 4 members (excludes halogenated alkanes) is 1. The highest BCUT2D eigenvalue weighted by atomic mass is 32.1. The van der Waals surface area contributed by atoms with Crippen LogP contribution in [-0.4, -0.2) is 36.0 Å². The molecular weight excluding hydrogens is 438 g/mol. The third-order valence-corrected chi connectivity index (χ3v) is 4.93. The van der Waals surface area contributed by atoms with Gasteiger partial charge in [-0.3, -0.25) is 14.4 Å². The maximum Gasteiger partial charge on any atom is 0.306 e. The van der Waals surface area contributed by atoms with E-state index in [1.807, 2.05) is 30.3 Å². The Morgan fingerprint density at radius 3 is 2.52 bits per heavy atom. The molecule has 8 heteroatoms. The number of aryl methyl sites for hydroxylation is 1. The molecule has 0 aliphatic heterocycles. The maximum atomic E-state index is 12.2. The highest BCUT2D eigenvalue weighted by Crippen LogP contribution is 2.11. The first-order chi connectivity index (χ1) is 16.0. The lowest BCUT2D eigenvalue weighted by molar-refractivity contribution is -0.145. The van der Waals surface area contributed by atoms with Crippen LogP contribution in [0.5, 0.6) is 0 Å². The smallest absolute Gasteiger partial charge is 0.306 e. The largest absolute Gasteiger partial charge is 0.466 e. The Kier molecular flexibility index (Phi) is 11.6. The molecule has 0 aliphatic rings. The Morgan fingerprint density at radius 1 is 0.970 bits per heavy atom. The Hall–Kier alpha value is -3.26. The summed E-state index contributed by atoms with van der Waals surface area (Å²) >= 11 is 5.16.